The smallest absolute Gasteiger partial charge is 0.223 e. The topological polar surface area (TPSA) is 56.6 Å². The number of likely N-dealkylation sites (tertiary alicyclic amines) is 1. The summed E-state index contributed by atoms with van der Waals surface area (Å²) >= 11 is 0. The van der Waals surface area contributed by atoms with Crippen LogP contribution in [0, 0.1) is 0 Å². The first-order chi connectivity index (χ1) is 15.2. The first kappa shape index (κ1) is 21.2. The molecule has 0 aliphatic carbocycles. The summed E-state index contributed by atoms with van der Waals surface area (Å²) in [5, 5.41) is 0. The van der Waals surface area contributed by atoms with Gasteiger partial charge in [0.2, 0.25) is 5.91 Å². The first-order valence-electron chi connectivity index (χ1n) is 11.2. The van der Waals surface area contributed by atoms with Gasteiger partial charge in [0.05, 0.1) is 24.8 Å². The fourth-order valence-corrected chi connectivity index (χ4v) is 4.29. The van der Waals surface area contributed by atoms with E-state index in [4.69, 9.17) is 14.5 Å². The van der Waals surface area contributed by atoms with Crippen molar-refractivity contribution in [1.82, 2.24) is 14.5 Å². The number of aromatic nitrogens is 2. The number of para-hydroxylation sites is 4. The summed E-state index contributed by atoms with van der Waals surface area (Å²) < 4.78 is 13.6. The van der Waals surface area contributed by atoms with Gasteiger partial charge in [-0.05, 0) is 37.1 Å². The molecule has 3 aromatic rings. The van der Waals surface area contributed by atoms with Crippen LogP contribution in [0.5, 0.6) is 11.5 Å². The predicted molar refractivity (Wildman–Crippen MR) is 122 cm³/mol. The van der Waals surface area contributed by atoms with Gasteiger partial charge in [0.1, 0.15) is 5.82 Å². The second-order valence-corrected chi connectivity index (χ2v) is 8.06. The van der Waals surface area contributed by atoms with Crippen LogP contribution in [0.2, 0.25) is 0 Å². The van der Waals surface area contributed by atoms with E-state index in [0.717, 1.165) is 67.3 Å². The number of hydrogen-bond acceptors (Lipinski definition) is 4. The third-order valence-electron chi connectivity index (χ3n) is 5.90. The standard InChI is InChI=1S/C25H31N3O3/c1-3-4-14-27-18-19(17-24(27)29)25-26-20-10-5-6-11-21(20)28(25)15-9-16-31-23-13-8-7-12-22(23)30-2/h5-8,10-13,19H,3-4,9,14-18H2,1-2H3. The molecule has 1 unspecified atom stereocenters. The number of aryl methyl sites for hydroxylation is 1. The molecule has 0 bridgehead atoms. The third kappa shape index (κ3) is 4.68. The van der Waals surface area contributed by atoms with Crippen molar-refractivity contribution in [2.24, 2.45) is 0 Å². The molecular formula is C25H31N3O3. The molecule has 1 aliphatic rings. The molecule has 2 aromatic carbocycles. The SMILES string of the molecule is CCCCN1CC(c2nc3ccccc3n2CCCOc2ccccc2OC)CC1=O. The molecule has 1 atom stereocenters. The van der Waals surface area contributed by atoms with Crippen LogP contribution >= 0.6 is 0 Å². The number of fused-ring (bicyclic) bond motifs is 1. The van der Waals surface area contributed by atoms with Crippen molar-refractivity contribution in [3.05, 3.63) is 54.4 Å². The fraction of sp³-hybridized carbons (Fsp3) is 0.440. The minimum absolute atomic E-state index is 0.145. The fourth-order valence-electron chi connectivity index (χ4n) is 4.29. The number of hydrogen-bond donors (Lipinski definition) is 0. The van der Waals surface area contributed by atoms with Crippen LogP contribution in [0.25, 0.3) is 11.0 Å². The number of ether oxygens (including phenoxy) is 2. The van der Waals surface area contributed by atoms with Crippen LogP contribution in [0.1, 0.15) is 44.3 Å². The van der Waals surface area contributed by atoms with Gasteiger partial charge in [-0.2, -0.15) is 0 Å². The van der Waals surface area contributed by atoms with Crippen LogP contribution in [0.4, 0.5) is 0 Å². The van der Waals surface area contributed by atoms with E-state index in [1.54, 1.807) is 7.11 Å². The highest BCUT2D eigenvalue weighted by Crippen LogP contribution is 2.31. The normalized spacial score (nSPS) is 16.3. The molecule has 2 heterocycles. The van der Waals surface area contributed by atoms with Crippen LogP contribution in [-0.4, -0.2) is 47.2 Å². The summed E-state index contributed by atoms with van der Waals surface area (Å²) in [6, 6.07) is 15.9. The lowest BCUT2D eigenvalue weighted by Crippen LogP contribution is -2.26. The number of methoxy groups -OCH3 is 1. The summed E-state index contributed by atoms with van der Waals surface area (Å²) in [6.45, 7) is 5.15. The quantitative estimate of drug-likeness (QED) is 0.448. The number of unbranched alkanes of at least 4 members (excludes halogenated alkanes) is 1. The molecule has 1 amide bonds. The number of imidazole rings is 1. The monoisotopic (exact) mass is 421 g/mol. The Morgan fingerprint density at radius 3 is 2.61 bits per heavy atom. The second-order valence-electron chi connectivity index (χ2n) is 8.06. The largest absolute Gasteiger partial charge is 0.493 e. The van der Waals surface area contributed by atoms with E-state index in [-0.39, 0.29) is 11.8 Å². The molecule has 0 N–H and O–H groups in total. The number of nitrogens with zero attached hydrogens (tertiary/aromatic N) is 3. The Hall–Kier alpha value is -3.02. The number of benzene rings is 2. The molecule has 0 radical (unpaired) electrons. The minimum Gasteiger partial charge on any atom is -0.493 e. The maximum atomic E-state index is 12.5. The van der Waals surface area contributed by atoms with Crippen LogP contribution in [-0.2, 0) is 11.3 Å². The van der Waals surface area contributed by atoms with Crippen molar-refractivity contribution in [3.8, 4) is 11.5 Å². The zero-order chi connectivity index (χ0) is 21.6. The average molecular weight is 422 g/mol. The average Bonchev–Trinajstić information content (AvgIpc) is 3.35. The van der Waals surface area contributed by atoms with Crippen molar-refractivity contribution in [3.63, 3.8) is 0 Å². The van der Waals surface area contributed by atoms with E-state index in [2.05, 4.69) is 17.6 Å². The van der Waals surface area contributed by atoms with Crippen molar-refractivity contribution in [2.75, 3.05) is 26.8 Å². The van der Waals surface area contributed by atoms with Gasteiger partial charge in [-0.1, -0.05) is 37.6 Å². The molecule has 164 valence electrons. The summed E-state index contributed by atoms with van der Waals surface area (Å²) in [7, 11) is 1.65. The van der Waals surface area contributed by atoms with Gasteiger partial charge >= 0.3 is 0 Å². The molecular weight excluding hydrogens is 390 g/mol. The Labute approximate surface area is 183 Å². The molecule has 6 heteroatoms. The van der Waals surface area contributed by atoms with Crippen LogP contribution in [0.3, 0.4) is 0 Å². The summed E-state index contributed by atoms with van der Waals surface area (Å²) in [5.41, 5.74) is 2.11. The van der Waals surface area contributed by atoms with E-state index in [1.807, 2.05) is 47.4 Å². The minimum atomic E-state index is 0.145. The van der Waals surface area contributed by atoms with Gasteiger partial charge in [-0.25, -0.2) is 4.98 Å². The lowest BCUT2D eigenvalue weighted by molar-refractivity contribution is -0.127. The van der Waals surface area contributed by atoms with Gasteiger partial charge in [-0.3, -0.25) is 4.79 Å². The summed E-state index contributed by atoms with van der Waals surface area (Å²) in [6.07, 6.45) is 3.53. The molecule has 0 spiro atoms. The zero-order valence-electron chi connectivity index (χ0n) is 18.4. The molecule has 1 saturated heterocycles. The predicted octanol–water partition coefficient (Wildman–Crippen LogP) is 4.63. The highest BCUT2D eigenvalue weighted by molar-refractivity contribution is 5.80. The van der Waals surface area contributed by atoms with E-state index in [9.17, 15) is 4.79 Å². The molecule has 6 nitrogen and oxygen atoms in total. The number of carbonyl (C=O) groups is 1. The van der Waals surface area contributed by atoms with E-state index < -0.39 is 0 Å². The lowest BCUT2D eigenvalue weighted by atomic mass is 10.1. The van der Waals surface area contributed by atoms with E-state index in [0.29, 0.717) is 13.0 Å². The highest BCUT2D eigenvalue weighted by Gasteiger charge is 2.33. The lowest BCUT2D eigenvalue weighted by Gasteiger charge is -2.17. The second kappa shape index (κ2) is 9.86. The van der Waals surface area contributed by atoms with Gasteiger partial charge in [0, 0.05) is 32.0 Å². The van der Waals surface area contributed by atoms with Gasteiger partial charge < -0.3 is 18.9 Å². The molecule has 1 fully saturated rings. The molecule has 1 aliphatic heterocycles. The Morgan fingerprint density at radius 1 is 1.03 bits per heavy atom. The molecule has 4 rings (SSSR count). The van der Waals surface area contributed by atoms with Gasteiger partial charge in [0.15, 0.2) is 11.5 Å². The van der Waals surface area contributed by atoms with Crippen molar-refractivity contribution in [2.45, 2.75) is 45.1 Å². The van der Waals surface area contributed by atoms with Gasteiger partial charge in [0.25, 0.3) is 0 Å². The van der Waals surface area contributed by atoms with E-state index >= 15 is 0 Å². The Balaban J connectivity index is 1.47. The Morgan fingerprint density at radius 2 is 1.81 bits per heavy atom. The Bertz CT molecular complexity index is 1030. The Kier molecular flexibility index (Phi) is 6.75. The highest BCUT2D eigenvalue weighted by atomic mass is 16.5. The van der Waals surface area contributed by atoms with Gasteiger partial charge in [-0.15, -0.1) is 0 Å². The zero-order valence-corrected chi connectivity index (χ0v) is 18.4. The molecule has 31 heavy (non-hydrogen) atoms. The van der Waals surface area contributed by atoms with Crippen LogP contribution in [0.15, 0.2) is 48.5 Å². The summed E-state index contributed by atoms with van der Waals surface area (Å²) in [4.78, 5) is 19.5. The van der Waals surface area contributed by atoms with Crippen molar-refractivity contribution in [1.29, 1.82) is 0 Å². The number of amides is 1. The molecule has 0 saturated carbocycles. The summed E-state index contributed by atoms with van der Waals surface area (Å²) in [5.74, 6) is 2.91. The first-order valence-corrected chi connectivity index (χ1v) is 11.2. The molecule has 1 aromatic heterocycles. The maximum Gasteiger partial charge on any atom is 0.223 e. The number of rotatable bonds is 10. The van der Waals surface area contributed by atoms with Crippen molar-refractivity contribution >= 4 is 16.9 Å². The third-order valence-corrected chi connectivity index (χ3v) is 5.90. The van der Waals surface area contributed by atoms with Crippen LogP contribution < -0.4 is 9.47 Å². The van der Waals surface area contributed by atoms with Crippen molar-refractivity contribution < 1.29 is 14.3 Å². The maximum absolute atomic E-state index is 12.5. The number of carbonyl (C=O) groups excluding carboxylic acids is 1. The van der Waals surface area contributed by atoms with E-state index in [1.165, 1.54) is 0 Å².